The minimum Gasteiger partial charge on any atom is -0.477 e. The Morgan fingerprint density at radius 3 is 2.29 bits per heavy atom. The number of nitrogens with zero attached hydrogens (tertiary/aromatic N) is 2. The Morgan fingerprint density at radius 1 is 1.11 bits per heavy atom. The predicted octanol–water partition coefficient (Wildman–Crippen LogP) is 3.96. The molecule has 0 radical (unpaired) electrons. The van der Waals surface area contributed by atoms with Crippen molar-refractivity contribution in [3.8, 4) is 11.1 Å². The number of carboxylic acid groups (broad SMARTS) is 1. The molecule has 142 valence electrons. The summed E-state index contributed by atoms with van der Waals surface area (Å²) in [5, 5.41) is 15.8. The first kappa shape index (κ1) is 17.8. The number of anilines is 1. The van der Waals surface area contributed by atoms with E-state index in [2.05, 4.69) is 22.5 Å². The van der Waals surface area contributed by atoms with Gasteiger partial charge in [-0.2, -0.15) is 5.10 Å². The molecular weight excluding hydrogens is 358 g/mol. The molecule has 0 atom stereocenters. The first-order chi connectivity index (χ1) is 13.6. The number of carbonyl (C=O) groups excluding carboxylic acids is 1. The molecule has 4 rings (SSSR count). The summed E-state index contributed by atoms with van der Waals surface area (Å²) in [4.78, 5) is 23.6. The van der Waals surface area contributed by atoms with Crippen molar-refractivity contribution in [1.82, 2.24) is 9.78 Å². The van der Waals surface area contributed by atoms with E-state index in [1.165, 1.54) is 10.9 Å². The van der Waals surface area contributed by atoms with Crippen molar-refractivity contribution < 1.29 is 19.4 Å². The number of hydrogen-bond acceptors (Lipinski definition) is 4. The van der Waals surface area contributed by atoms with Gasteiger partial charge in [0.05, 0.1) is 0 Å². The van der Waals surface area contributed by atoms with Gasteiger partial charge >= 0.3 is 12.1 Å². The summed E-state index contributed by atoms with van der Waals surface area (Å²) < 4.78 is 6.88. The summed E-state index contributed by atoms with van der Waals surface area (Å²) in [5.41, 5.74) is 4.43. The average Bonchev–Trinajstić information content (AvgIpc) is 3.25. The van der Waals surface area contributed by atoms with Crippen LogP contribution in [0.3, 0.4) is 0 Å². The lowest BCUT2D eigenvalue weighted by Crippen LogP contribution is -2.19. The van der Waals surface area contributed by atoms with Gasteiger partial charge in [-0.15, -0.1) is 0 Å². The largest absolute Gasteiger partial charge is 0.477 e. The van der Waals surface area contributed by atoms with E-state index < -0.39 is 12.1 Å². The number of carbonyl (C=O) groups is 2. The van der Waals surface area contributed by atoms with Crippen LogP contribution in [0.15, 0.2) is 54.7 Å². The van der Waals surface area contributed by atoms with Gasteiger partial charge in [-0.3, -0.25) is 10.00 Å². The fourth-order valence-corrected chi connectivity index (χ4v) is 3.56. The number of nitrogens with one attached hydrogen (secondary N) is 1. The van der Waals surface area contributed by atoms with E-state index in [0.717, 1.165) is 22.3 Å². The van der Waals surface area contributed by atoms with Gasteiger partial charge in [0.1, 0.15) is 12.2 Å². The van der Waals surface area contributed by atoms with E-state index in [0.29, 0.717) is 6.54 Å². The maximum Gasteiger partial charge on any atom is 0.412 e. The van der Waals surface area contributed by atoms with E-state index in [9.17, 15) is 14.7 Å². The topological polar surface area (TPSA) is 93.5 Å². The number of aromatic nitrogens is 2. The first-order valence-corrected chi connectivity index (χ1v) is 9.01. The van der Waals surface area contributed by atoms with E-state index in [1.54, 1.807) is 0 Å². The number of aryl methyl sites for hydroxylation is 1. The van der Waals surface area contributed by atoms with Crippen molar-refractivity contribution >= 4 is 17.9 Å². The third kappa shape index (κ3) is 3.11. The normalized spacial score (nSPS) is 12.3. The number of aromatic carboxylic acids is 1. The van der Waals surface area contributed by atoms with Crippen molar-refractivity contribution in [3.05, 3.63) is 71.4 Å². The van der Waals surface area contributed by atoms with Crippen LogP contribution in [0.5, 0.6) is 0 Å². The molecule has 0 aliphatic heterocycles. The van der Waals surface area contributed by atoms with Crippen LogP contribution >= 0.6 is 0 Å². The van der Waals surface area contributed by atoms with Gasteiger partial charge in [-0.05, 0) is 29.2 Å². The molecular formula is C21H19N3O4. The molecule has 0 spiro atoms. The molecule has 0 fully saturated rings. The van der Waals surface area contributed by atoms with Crippen molar-refractivity contribution in [2.75, 3.05) is 11.9 Å². The molecule has 1 aliphatic rings. The van der Waals surface area contributed by atoms with Crippen molar-refractivity contribution in [3.63, 3.8) is 0 Å². The second-order valence-corrected chi connectivity index (χ2v) is 6.50. The quantitative estimate of drug-likeness (QED) is 0.702. The standard InChI is InChI=1S/C21H19N3O4/c1-2-24-11-17(20(25)26)19(23-24)22-21(27)28-12-18-15-9-5-3-7-13(15)14-8-4-6-10-16(14)18/h3-11,18H,2,12H2,1H3,(H,25,26)(H,22,23,27). The summed E-state index contributed by atoms with van der Waals surface area (Å²) in [5.74, 6) is -1.24. The molecule has 0 saturated heterocycles. The van der Waals surface area contributed by atoms with Crippen molar-refractivity contribution in [2.24, 2.45) is 0 Å². The van der Waals surface area contributed by atoms with Gasteiger partial charge in [0, 0.05) is 18.7 Å². The smallest absolute Gasteiger partial charge is 0.412 e. The lowest BCUT2D eigenvalue weighted by atomic mass is 9.98. The Morgan fingerprint density at radius 2 is 1.71 bits per heavy atom. The van der Waals surface area contributed by atoms with E-state index in [4.69, 9.17) is 4.74 Å². The van der Waals surface area contributed by atoms with Gasteiger partial charge in [0.2, 0.25) is 0 Å². The average molecular weight is 377 g/mol. The Bertz CT molecular complexity index is 1010. The minimum atomic E-state index is -1.16. The fourth-order valence-electron chi connectivity index (χ4n) is 3.56. The van der Waals surface area contributed by atoms with Gasteiger partial charge in [-0.25, -0.2) is 9.59 Å². The summed E-state index contributed by atoms with van der Waals surface area (Å²) in [6.07, 6.45) is 0.646. The van der Waals surface area contributed by atoms with Gasteiger partial charge in [0.25, 0.3) is 0 Å². The molecule has 1 aromatic heterocycles. The lowest BCUT2D eigenvalue weighted by molar-refractivity contribution is 0.0698. The molecule has 2 aromatic carbocycles. The number of benzene rings is 2. The molecule has 28 heavy (non-hydrogen) atoms. The highest BCUT2D eigenvalue weighted by molar-refractivity contribution is 5.97. The highest BCUT2D eigenvalue weighted by Crippen LogP contribution is 2.44. The summed E-state index contributed by atoms with van der Waals surface area (Å²) in [6.45, 7) is 2.47. The molecule has 7 nitrogen and oxygen atoms in total. The Balaban J connectivity index is 1.50. The van der Waals surface area contributed by atoms with Gasteiger partial charge < -0.3 is 9.84 Å². The Kier molecular flexibility index (Phi) is 4.57. The molecule has 7 heteroatoms. The number of ether oxygens (including phenoxy) is 1. The highest BCUT2D eigenvalue weighted by atomic mass is 16.5. The number of hydrogen-bond donors (Lipinski definition) is 2. The lowest BCUT2D eigenvalue weighted by Gasteiger charge is -2.14. The molecule has 2 N–H and O–H groups in total. The third-order valence-electron chi connectivity index (χ3n) is 4.88. The van der Waals surface area contributed by atoms with E-state index >= 15 is 0 Å². The summed E-state index contributed by atoms with van der Waals surface area (Å²) in [7, 11) is 0. The predicted molar refractivity (Wildman–Crippen MR) is 104 cm³/mol. The molecule has 0 unspecified atom stereocenters. The third-order valence-corrected chi connectivity index (χ3v) is 4.88. The number of rotatable bonds is 5. The van der Waals surface area contributed by atoms with Crippen LogP contribution in [-0.4, -0.2) is 33.6 Å². The number of fused-ring (bicyclic) bond motifs is 3. The van der Waals surface area contributed by atoms with Crippen molar-refractivity contribution in [2.45, 2.75) is 19.4 Å². The number of carboxylic acids is 1. The van der Waals surface area contributed by atoms with Crippen LogP contribution in [0.2, 0.25) is 0 Å². The summed E-state index contributed by atoms with van der Waals surface area (Å²) >= 11 is 0. The highest BCUT2D eigenvalue weighted by Gasteiger charge is 2.29. The molecule has 0 bridgehead atoms. The van der Waals surface area contributed by atoms with Crippen LogP contribution in [0.4, 0.5) is 10.6 Å². The second kappa shape index (κ2) is 7.19. The monoisotopic (exact) mass is 377 g/mol. The molecule has 1 amide bonds. The first-order valence-electron chi connectivity index (χ1n) is 9.01. The fraction of sp³-hybridized carbons (Fsp3) is 0.190. The van der Waals surface area contributed by atoms with Crippen LogP contribution in [0.1, 0.15) is 34.3 Å². The second-order valence-electron chi connectivity index (χ2n) is 6.50. The molecule has 1 heterocycles. The van der Waals surface area contributed by atoms with Crippen LogP contribution in [0, 0.1) is 0 Å². The van der Waals surface area contributed by atoms with Gasteiger partial charge in [-0.1, -0.05) is 48.5 Å². The van der Waals surface area contributed by atoms with Crippen LogP contribution in [-0.2, 0) is 11.3 Å². The van der Waals surface area contributed by atoms with E-state index in [1.807, 2.05) is 43.3 Å². The Labute approximate surface area is 161 Å². The minimum absolute atomic E-state index is 0.0217. The van der Waals surface area contributed by atoms with Crippen LogP contribution < -0.4 is 5.32 Å². The van der Waals surface area contributed by atoms with Crippen LogP contribution in [0.25, 0.3) is 11.1 Å². The molecule has 1 aliphatic carbocycles. The summed E-state index contributed by atoms with van der Waals surface area (Å²) in [6, 6.07) is 16.1. The Hall–Kier alpha value is -3.61. The zero-order valence-electron chi connectivity index (χ0n) is 15.3. The SMILES string of the molecule is CCn1cc(C(=O)O)c(NC(=O)OCC2c3ccccc3-c3ccccc32)n1. The molecule has 0 saturated carbocycles. The van der Waals surface area contributed by atoms with Crippen molar-refractivity contribution in [1.29, 1.82) is 0 Å². The zero-order valence-corrected chi connectivity index (χ0v) is 15.3. The zero-order chi connectivity index (χ0) is 19.7. The number of amides is 1. The van der Waals surface area contributed by atoms with E-state index in [-0.39, 0.29) is 23.9 Å². The molecule has 3 aromatic rings. The maximum atomic E-state index is 12.3. The maximum absolute atomic E-state index is 12.3. The van der Waals surface area contributed by atoms with Gasteiger partial charge in [0.15, 0.2) is 5.82 Å².